The molecule has 1 aliphatic carbocycles. The second kappa shape index (κ2) is 10.8. The minimum Gasteiger partial charge on any atom is -0.550 e. The molecule has 0 bridgehead atoms. The number of nitrogens with one attached hydrogen (secondary N) is 1. The zero-order valence-electron chi connectivity index (χ0n) is 23.5. The molecule has 40 heavy (non-hydrogen) atoms. The van der Waals surface area contributed by atoms with Gasteiger partial charge in [-0.1, -0.05) is 24.3 Å². The predicted octanol–water partition coefficient (Wildman–Crippen LogP) is 2.16. The number of hydrogen-bond donors (Lipinski definition) is 1. The largest absolute Gasteiger partial charge is 0.550 e. The molecule has 3 aromatic rings. The number of rotatable bonds is 8. The Morgan fingerprint density at radius 2 is 1.77 bits per heavy atom. The maximum atomic E-state index is 13.5. The summed E-state index contributed by atoms with van der Waals surface area (Å²) in [7, 11) is 8.13. The monoisotopic (exact) mass is 564 g/mol. The fourth-order valence-electron chi connectivity index (χ4n) is 6.11. The first-order valence-corrected chi connectivity index (χ1v) is 14.4. The van der Waals surface area contributed by atoms with Gasteiger partial charge >= 0.3 is 0 Å². The van der Waals surface area contributed by atoms with E-state index in [1.54, 1.807) is 13.2 Å². The van der Waals surface area contributed by atoms with Crippen LogP contribution in [0.1, 0.15) is 45.8 Å². The standard InChI is InChI=1S/C30H36N4O5S/c1-34(2,3)21-9-11-33(12-10-21)28(37)22-13-23-25(14-24(22)39-4)40-26(32-23)18-31-29(38)30(17-27(35)36)15-19-7-5-6-8-20(19)16-30/h5-8,13-14,21H,9-12,15-18H2,1-4H3,(H-,31,35,36,38). The van der Waals surface area contributed by atoms with Crippen LogP contribution in [-0.2, 0) is 29.0 Å². The topological polar surface area (TPSA) is 112 Å². The molecule has 5 rings (SSSR count). The van der Waals surface area contributed by atoms with Crippen LogP contribution in [0.2, 0.25) is 0 Å². The Hall–Kier alpha value is -3.50. The molecule has 2 aliphatic rings. The van der Waals surface area contributed by atoms with Crippen molar-refractivity contribution in [3.05, 3.63) is 58.1 Å². The Morgan fingerprint density at radius 3 is 2.35 bits per heavy atom. The average molecular weight is 565 g/mol. The minimum atomic E-state index is -1.24. The number of ether oxygens (including phenoxy) is 1. The molecule has 1 N–H and O–H groups in total. The second-order valence-electron chi connectivity index (χ2n) is 11.9. The summed E-state index contributed by atoms with van der Waals surface area (Å²) in [5.74, 6) is -1.12. The van der Waals surface area contributed by atoms with Crippen LogP contribution in [0.15, 0.2) is 36.4 Å². The van der Waals surface area contributed by atoms with Gasteiger partial charge in [0.2, 0.25) is 5.91 Å². The van der Waals surface area contributed by atoms with Gasteiger partial charge in [-0.15, -0.1) is 11.3 Å². The Labute approximate surface area is 238 Å². The first kappa shape index (κ1) is 28.0. The summed E-state index contributed by atoms with van der Waals surface area (Å²) >= 11 is 1.41. The van der Waals surface area contributed by atoms with Gasteiger partial charge in [-0.2, -0.15) is 0 Å². The molecule has 2 heterocycles. The minimum absolute atomic E-state index is 0.0634. The Bertz CT molecular complexity index is 1430. The predicted molar refractivity (Wildman–Crippen MR) is 151 cm³/mol. The zero-order chi connectivity index (χ0) is 28.7. The molecule has 212 valence electrons. The van der Waals surface area contributed by atoms with Gasteiger partial charge in [0.15, 0.2) is 0 Å². The number of aromatic nitrogens is 1. The van der Waals surface area contributed by atoms with Gasteiger partial charge < -0.3 is 29.3 Å². The molecular formula is C30H36N4O5S. The van der Waals surface area contributed by atoms with E-state index >= 15 is 0 Å². The van der Waals surface area contributed by atoms with Gasteiger partial charge in [0, 0.05) is 44.4 Å². The lowest BCUT2D eigenvalue weighted by molar-refractivity contribution is -0.897. The Balaban J connectivity index is 1.31. The number of hydrogen-bond acceptors (Lipinski definition) is 7. The van der Waals surface area contributed by atoms with Crippen LogP contribution in [0.25, 0.3) is 10.2 Å². The number of likely N-dealkylation sites (tertiary alicyclic amines) is 1. The van der Waals surface area contributed by atoms with Crippen molar-refractivity contribution in [3.8, 4) is 5.75 Å². The van der Waals surface area contributed by atoms with E-state index in [-0.39, 0.29) is 24.8 Å². The van der Waals surface area contributed by atoms with Gasteiger partial charge in [-0.05, 0) is 30.0 Å². The maximum absolute atomic E-state index is 13.5. The molecule has 10 heteroatoms. The van der Waals surface area contributed by atoms with E-state index in [0.717, 1.165) is 33.2 Å². The zero-order valence-corrected chi connectivity index (χ0v) is 24.3. The molecule has 0 atom stereocenters. The van der Waals surface area contributed by atoms with Crippen LogP contribution in [0.3, 0.4) is 0 Å². The molecule has 1 aromatic heterocycles. The summed E-state index contributed by atoms with van der Waals surface area (Å²) < 4.78 is 7.33. The van der Waals surface area contributed by atoms with Crippen LogP contribution in [0.4, 0.5) is 0 Å². The van der Waals surface area contributed by atoms with Crippen LogP contribution in [0, 0.1) is 5.41 Å². The lowest BCUT2D eigenvalue weighted by Gasteiger charge is -2.40. The normalized spacial score (nSPS) is 17.1. The number of carboxylic acids is 1. The van der Waals surface area contributed by atoms with Crippen molar-refractivity contribution in [2.75, 3.05) is 41.3 Å². The third kappa shape index (κ3) is 5.55. The molecular weight excluding hydrogens is 528 g/mol. The van der Waals surface area contributed by atoms with Gasteiger partial charge in [-0.3, -0.25) is 9.59 Å². The number of carbonyl (C=O) groups is 3. The summed E-state index contributed by atoms with van der Waals surface area (Å²) in [6.45, 7) is 1.56. The molecule has 9 nitrogen and oxygen atoms in total. The third-order valence-corrected chi connectivity index (χ3v) is 9.39. The van der Waals surface area contributed by atoms with Gasteiger partial charge in [-0.25, -0.2) is 4.98 Å². The molecule has 2 amide bonds. The highest BCUT2D eigenvalue weighted by Crippen LogP contribution is 2.40. The molecule has 2 aromatic carbocycles. The van der Waals surface area contributed by atoms with E-state index in [1.165, 1.54) is 11.3 Å². The highest BCUT2D eigenvalue weighted by atomic mass is 32.1. The molecule has 0 spiro atoms. The summed E-state index contributed by atoms with van der Waals surface area (Å²) in [6, 6.07) is 11.8. The molecule has 1 saturated heterocycles. The number of thiazole rings is 1. The highest BCUT2D eigenvalue weighted by Gasteiger charge is 2.43. The quantitative estimate of drug-likeness (QED) is 0.420. The lowest BCUT2D eigenvalue weighted by Crippen LogP contribution is -2.52. The number of amides is 2. The smallest absolute Gasteiger partial charge is 0.257 e. The maximum Gasteiger partial charge on any atom is 0.257 e. The number of carbonyl (C=O) groups excluding carboxylic acids is 3. The van der Waals surface area contributed by atoms with Crippen LogP contribution in [0.5, 0.6) is 5.75 Å². The molecule has 1 aliphatic heterocycles. The molecule has 0 unspecified atom stereocenters. The highest BCUT2D eigenvalue weighted by molar-refractivity contribution is 7.18. The number of benzene rings is 2. The van der Waals surface area contributed by atoms with Crippen molar-refractivity contribution in [3.63, 3.8) is 0 Å². The van der Waals surface area contributed by atoms with E-state index in [0.29, 0.717) is 53.8 Å². The first-order chi connectivity index (χ1) is 19.0. The van der Waals surface area contributed by atoms with Crippen molar-refractivity contribution in [2.24, 2.45) is 5.41 Å². The van der Waals surface area contributed by atoms with Crippen LogP contribution >= 0.6 is 11.3 Å². The van der Waals surface area contributed by atoms with Crippen LogP contribution < -0.4 is 15.2 Å². The van der Waals surface area contributed by atoms with E-state index in [2.05, 4.69) is 31.4 Å². The van der Waals surface area contributed by atoms with Crippen molar-refractivity contribution < 1.29 is 28.7 Å². The van der Waals surface area contributed by atoms with Gasteiger partial charge in [0.25, 0.3) is 5.91 Å². The van der Waals surface area contributed by atoms with E-state index in [9.17, 15) is 19.5 Å². The fourth-order valence-corrected chi connectivity index (χ4v) is 7.03. The summed E-state index contributed by atoms with van der Waals surface area (Å²) in [5, 5.41) is 15.2. The Morgan fingerprint density at radius 1 is 1.12 bits per heavy atom. The van der Waals surface area contributed by atoms with Crippen molar-refractivity contribution in [1.82, 2.24) is 15.2 Å². The lowest BCUT2D eigenvalue weighted by atomic mass is 9.80. The van der Waals surface area contributed by atoms with Gasteiger partial charge in [0.1, 0.15) is 10.8 Å². The van der Waals surface area contributed by atoms with Crippen molar-refractivity contribution in [2.45, 2.75) is 44.7 Å². The number of fused-ring (bicyclic) bond motifs is 2. The number of carboxylic acid groups (broad SMARTS) is 1. The number of nitrogens with zero attached hydrogens (tertiary/aromatic N) is 3. The van der Waals surface area contributed by atoms with Crippen LogP contribution in [-0.4, -0.2) is 79.5 Å². The van der Waals surface area contributed by atoms with Crippen molar-refractivity contribution in [1.29, 1.82) is 0 Å². The SMILES string of the molecule is COc1cc2sc(CNC(=O)C3(CC(=O)[O-])Cc4ccccc4C3)nc2cc1C(=O)N1CCC([N+](C)(C)C)CC1. The average Bonchev–Trinajstić information content (AvgIpc) is 3.50. The molecule has 0 radical (unpaired) electrons. The molecule has 0 saturated carbocycles. The van der Waals surface area contributed by atoms with E-state index in [4.69, 9.17) is 4.74 Å². The third-order valence-electron chi connectivity index (χ3n) is 8.37. The summed E-state index contributed by atoms with van der Waals surface area (Å²) in [4.78, 5) is 45.0. The second-order valence-corrected chi connectivity index (χ2v) is 13.0. The Kier molecular flexibility index (Phi) is 7.58. The first-order valence-electron chi connectivity index (χ1n) is 13.6. The summed E-state index contributed by atoms with van der Waals surface area (Å²) in [5.41, 5.74) is 2.05. The number of methoxy groups -OCH3 is 1. The summed E-state index contributed by atoms with van der Waals surface area (Å²) in [6.07, 6.45) is 2.27. The van der Waals surface area contributed by atoms with E-state index < -0.39 is 11.4 Å². The van der Waals surface area contributed by atoms with Gasteiger partial charge in [0.05, 0.1) is 62.0 Å². The fraction of sp³-hybridized carbons (Fsp3) is 0.467. The molecule has 1 fully saturated rings. The number of aliphatic carboxylic acids is 1. The number of piperidine rings is 1. The number of quaternary nitrogens is 1. The van der Waals surface area contributed by atoms with E-state index in [1.807, 2.05) is 35.2 Å². The van der Waals surface area contributed by atoms with Crippen molar-refractivity contribution >= 4 is 39.3 Å².